The number of aromatic amines is 1. The first-order valence-electron chi connectivity index (χ1n) is 5.30. The Kier molecular flexibility index (Phi) is 3.01. The quantitative estimate of drug-likeness (QED) is 0.611. The van der Waals surface area contributed by atoms with E-state index in [1.807, 2.05) is 0 Å². The predicted octanol–water partition coefficient (Wildman–Crippen LogP) is 1.91. The number of hydrogen-bond acceptors (Lipinski definition) is 3. The van der Waals surface area contributed by atoms with E-state index in [4.69, 9.17) is 0 Å². The van der Waals surface area contributed by atoms with E-state index in [0.29, 0.717) is 0 Å². The molecule has 0 spiro atoms. The zero-order valence-electron chi connectivity index (χ0n) is 8.61. The van der Waals surface area contributed by atoms with Crippen LogP contribution in [0.25, 0.3) is 0 Å². The summed E-state index contributed by atoms with van der Waals surface area (Å²) in [6.07, 6.45) is 3.78. The van der Waals surface area contributed by atoms with Gasteiger partial charge in [-0.15, -0.1) is 0 Å². The highest BCUT2D eigenvalue weighted by Crippen LogP contribution is 2.15. The molecule has 2 rings (SSSR count). The first-order valence-corrected chi connectivity index (χ1v) is 5.30. The van der Waals surface area contributed by atoms with E-state index in [0.717, 1.165) is 25.3 Å². The molecule has 1 aliphatic rings. The summed E-state index contributed by atoms with van der Waals surface area (Å²) in [5, 5.41) is 10.5. The lowest BCUT2D eigenvalue weighted by Crippen LogP contribution is -2.29. The number of aromatic nitrogens is 1. The number of rotatable bonds is 3. The molecular weight excluding hydrogens is 194 g/mol. The molecule has 0 aliphatic carbocycles. The molecule has 5 nitrogen and oxygen atoms in total. The molecular formula is C10H15N3O2. The van der Waals surface area contributed by atoms with Gasteiger partial charge in [0, 0.05) is 6.07 Å². The second-order valence-electron chi connectivity index (χ2n) is 3.96. The van der Waals surface area contributed by atoms with Gasteiger partial charge in [0.1, 0.15) is 5.69 Å². The Labute approximate surface area is 88.2 Å². The van der Waals surface area contributed by atoms with Crippen molar-refractivity contribution in [2.45, 2.75) is 25.8 Å². The molecule has 0 saturated carbocycles. The molecule has 1 fully saturated rings. The van der Waals surface area contributed by atoms with Crippen LogP contribution in [-0.2, 0) is 6.54 Å². The van der Waals surface area contributed by atoms with Gasteiger partial charge < -0.3 is 10.1 Å². The molecule has 1 N–H and O–H groups in total. The second kappa shape index (κ2) is 4.44. The van der Waals surface area contributed by atoms with Crippen molar-refractivity contribution in [3.63, 3.8) is 0 Å². The number of H-pyrrole nitrogens is 1. The van der Waals surface area contributed by atoms with Crippen LogP contribution in [0.15, 0.2) is 12.1 Å². The normalized spacial score (nSPS) is 17.9. The van der Waals surface area contributed by atoms with Crippen LogP contribution in [-0.4, -0.2) is 27.9 Å². The second-order valence-corrected chi connectivity index (χ2v) is 3.96. The molecule has 0 amide bonds. The molecule has 0 radical (unpaired) electrons. The van der Waals surface area contributed by atoms with E-state index < -0.39 is 0 Å². The van der Waals surface area contributed by atoms with Gasteiger partial charge in [-0.1, -0.05) is 6.42 Å². The van der Waals surface area contributed by atoms with Crippen LogP contribution in [0.3, 0.4) is 0 Å². The third kappa shape index (κ3) is 2.56. The fourth-order valence-corrected chi connectivity index (χ4v) is 1.98. The molecule has 0 atom stereocenters. The number of hydrogen-bond donors (Lipinski definition) is 1. The summed E-state index contributed by atoms with van der Waals surface area (Å²) in [5.41, 5.74) is 0.934. The minimum atomic E-state index is -0.389. The Bertz CT molecular complexity index is 342. The number of likely N-dealkylation sites (tertiary alicyclic amines) is 1. The highest BCUT2D eigenvalue weighted by Gasteiger charge is 2.14. The Balaban J connectivity index is 1.94. The van der Waals surface area contributed by atoms with Gasteiger partial charge in [-0.25, -0.2) is 4.98 Å². The maximum Gasteiger partial charge on any atom is 0.321 e. The van der Waals surface area contributed by atoms with Crippen molar-refractivity contribution in [2.24, 2.45) is 0 Å². The van der Waals surface area contributed by atoms with Crippen LogP contribution in [0.5, 0.6) is 0 Å². The monoisotopic (exact) mass is 209 g/mol. The van der Waals surface area contributed by atoms with Crippen molar-refractivity contribution in [1.82, 2.24) is 9.88 Å². The molecule has 15 heavy (non-hydrogen) atoms. The van der Waals surface area contributed by atoms with E-state index in [-0.39, 0.29) is 10.7 Å². The molecule has 5 heteroatoms. The molecule has 1 aromatic rings. The number of piperidine rings is 1. The number of nitrogens with zero attached hydrogens (tertiary/aromatic N) is 2. The zero-order chi connectivity index (χ0) is 10.7. The molecule has 1 aliphatic heterocycles. The number of nitrogens with one attached hydrogen (secondary N) is 1. The fourth-order valence-electron chi connectivity index (χ4n) is 1.98. The summed E-state index contributed by atoms with van der Waals surface area (Å²) in [4.78, 5) is 15.2. The third-order valence-electron chi connectivity index (χ3n) is 2.77. The van der Waals surface area contributed by atoms with Gasteiger partial charge in [0.05, 0.1) is 6.54 Å². The van der Waals surface area contributed by atoms with Crippen molar-refractivity contribution in [3.8, 4) is 0 Å². The van der Waals surface area contributed by atoms with Crippen LogP contribution >= 0.6 is 0 Å². The van der Waals surface area contributed by atoms with Crippen molar-refractivity contribution < 1.29 is 4.92 Å². The minimum absolute atomic E-state index is 0.0852. The minimum Gasteiger partial charge on any atom is -0.358 e. The van der Waals surface area contributed by atoms with Crippen LogP contribution in [0.4, 0.5) is 5.82 Å². The van der Waals surface area contributed by atoms with Gasteiger partial charge in [0.15, 0.2) is 0 Å². The first kappa shape index (κ1) is 10.2. The lowest BCUT2D eigenvalue weighted by molar-refractivity contribution is -0.389. The number of nitro groups is 1. The molecule has 2 heterocycles. The van der Waals surface area contributed by atoms with Crippen LogP contribution < -0.4 is 0 Å². The van der Waals surface area contributed by atoms with Gasteiger partial charge in [-0.05, 0) is 36.9 Å². The van der Waals surface area contributed by atoms with Gasteiger partial charge in [-0.2, -0.15) is 0 Å². The summed E-state index contributed by atoms with van der Waals surface area (Å²) in [5.74, 6) is 0.0852. The molecule has 0 aromatic carbocycles. The van der Waals surface area contributed by atoms with E-state index in [1.54, 1.807) is 6.07 Å². The standard InChI is InChI=1S/C10H15N3O2/c14-13(15)10-5-4-9(11-10)8-12-6-2-1-3-7-12/h4-5,11H,1-3,6-8H2. The predicted molar refractivity (Wildman–Crippen MR) is 56.6 cm³/mol. The highest BCUT2D eigenvalue weighted by atomic mass is 16.6. The van der Waals surface area contributed by atoms with Gasteiger partial charge in [0.2, 0.25) is 0 Å². The fraction of sp³-hybridized carbons (Fsp3) is 0.600. The zero-order valence-corrected chi connectivity index (χ0v) is 8.61. The first-order chi connectivity index (χ1) is 7.25. The highest BCUT2D eigenvalue weighted by molar-refractivity contribution is 5.23. The summed E-state index contributed by atoms with van der Waals surface area (Å²) >= 11 is 0. The third-order valence-corrected chi connectivity index (χ3v) is 2.77. The Morgan fingerprint density at radius 1 is 1.33 bits per heavy atom. The lowest BCUT2D eigenvalue weighted by atomic mass is 10.1. The van der Waals surface area contributed by atoms with Crippen LogP contribution in [0.2, 0.25) is 0 Å². The van der Waals surface area contributed by atoms with E-state index in [9.17, 15) is 10.1 Å². The average Bonchev–Trinajstić information content (AvgIpc) is 2.68. The van der Waals surface area contributed by atoms with Crippen LogP contribution in [0, 0.1) is 10.1 Å². The van der Waals surface area contributed by atoms with Gasteiger partial charge in [-0.3, -0.25) is 4.90 Å². The topological polar surface area (TPSA) is 62.2 Å². The van der Waals surface area contributed by atoms with Crippen molar-refractivity contribution >= 4 is 5.82 Å². The Morgan fingerprint density at radius 3 is 2.67 bits per heavy atom. The largest absolute Gasteiger partial charge is 0.358 e. The van der Waals surface area contributed by atoms with E-state index in [2.05, 4.69) is 9.88 Å². The molecule has 1 saturated heterocycles. The molecule has 1 aromatic heterocycles. The van der Waals surface area contributed by atoms with E-state index >= 15 is 0 Å². The Hall–Kier alpha value is -1.36. The molecule has 0 unspecified atom stereocenters. The van der Waals surface area contributed by atoms with Crippen LogP contribution in [0.1, 0.15) is 25.0 Å². The summed E-state index contributed by atoms with van der Waals surface area (Å²) in [6.45, 7) is 3.01. The maximum atomic E-state index is 10.5. The molecule has 82 valence electrons. The SMILES string of the molecule is O=[N+]([O-])c1ccc(CN2CCCCC2)[nH]1. The molecule has 0 bridgehead atoms. The van der Waals surface area contributed by atoms with Gasteiger partial charge in [0.25, 0.3) is 0 Å². The average molecular weight is 209 g/mol. The lowest BCUT2D eigenvalue weighted by Gasteiger charge is -2.24. The summed E-state index contributed by atoms with van der Waals surface area (Å²) < 4.78 is 0. The van der Waals surface area contributed by atoms with Crippen molar-refractivity contribution in [2.75, 3.05) is 13.1 Å². The summed E-state index contributed by atoms with van der Waals surface area (Å²) in [6, 6.07) is 3.33. The van der Waals surface area contributed by atoms with E-state index in [1.165, 1.54) is 25.3 Å². The van der Waals surface area contributed by atoms with Crippen molar-refractivity contribution in [1.29, 1.82) is 0 Å². The summed E-state index contributed by atoms with van der Waals surface area (Å²) in [7, 11) is 0. The Morgan fingerprint density at radius 2 is 2.07 bits per heavy atom. The maximum absolute atomic E-state index is 10.5. The van der Waals surface area contributed by atoms with Crippen molar-refractivity contribution in [3.05, 3.63) is 27.9 Å². The van der Waals surface area contributed by atoms with Gasteiger partial charge >= 0.3 is 5.82 Å². The smallest absolute Gasteiger partial charge is 0.321 e.